The highest BCUT2D eigenvalue weighted by atomic mass is 16.6. The molecule has 0 aromatic heterocycles. The van der Waals surface area contributed by atoms with Crippen molar-refractivity contribution in [3.05, 3.63) is 75.3 Å². The molecule has 0 radical (unpaired) electrons. The molecule has 2 aromatic carbocycles. The molecule has 0 atom stereocenters. The number of rotatable bonds is 6. The minimum atomic E-state index is -0.566. The molecule has 0 bridgehead atoms. The van der Waals surface area contributed by atoms with Crippen LogP contribution in [-0.2, 0) is 4.79 Å². The molecule has 2 N–H and O–H groups in total. The van der Waals surface area contributed by atoms with Crippen LogP contribution in [0, 0.1) is 17.0 Å². The Bertz CT molecular complexity index is 819. The second-order valence-corrected chi connectivity index (χ2v) is 5.09. The van der Waals surface area contributed by atoms with E-state index >= 15 is 0 Å². The molecule has 2 aromatic rings. The summed E-state index contributed by atoms with van der Waals surface area (Å²) < 4.78 is 0. The minimum absolute atomic E-state index is 0.148. The summed E-state index contributed by atoms with van der Waals surface area (Å²) in [5.74, 6) is -1.08. The van der Waals surface area contributed by atoms with Gasteiger partial charge in [-0.05, 0) is 18.6 Å². The van der Waals surface area contributed by atoms with Crippen LogP contribution in [-0.4, -0.2) is 29.5 Å². The molecule has 2 rings (SSSR count). The van der Waals surface area contributed by atoms with E-state index in [1.165, 1.54) is 31.3 Å². The third kappa shape index (κ3) is 4.96. The monoisotopic (exact) mass is 340 g/mol. The fourth-order valence-electron chi connectivity index (χ4n) is 2.08. The van der Waals surface area contributed by atoms with Crippen molar-refractivity contribution in [1.29, 1.82) is 0 Å². The van der Waals surface area contributed by atoms with Gasteiger partial charge < -0.3 is 5.32 Å². The number of benzene rings is 2. The van der Waals surface area contributed by atoms with Crippen LogP contribution in [0.4, 0.5) is 5.69 Å². The Morgan fingerprint density at radius 2 is 1.88 bits per heavy atom. The Morgan fingerprint density at radius 1 is 1.16 bits per heavy atom. The highest BCUT2D eigenvalue weighted by Gasteiger charge is 2.18. The summed E-state index contributed by atoms with van der Waals surface area (Å²) in [5, 5.41) is 17.1. The summed E-state index contributed by atoms with van der Waals surface area (Å²) in [7, 11) is 0. The zero-order valence-corrected chi connectivity index (χ0v) is 13.4. The van der Waals surface area contributed by atoms with Crippen LogP contribution in [0.3, 0.4) is 0 Å². The molecule has 0 aliphatic rings. The van der Waals surface area contributed by atoms with Gasteiger partial charge in [0.2, 0.25) is 0 Å². The van der Waals surface area contributed by atoms with Crippen LogP contribution in [0.25, 0.3) is 0 Å². The van der Waals surface area contributed by atoms with Gasteiger partial charge in [-0.1, -0.05) is 36.4 Å². The first-order valence-corrected chi connectivity index (χ1v) is 7.38. The van der Waals surface area contributed by atoms with Gasteiger partial charge in [0.25, 0.3) is 17.5 Å². The molecule has 0 spiro atoms. The van der Waals surface area contributed by atoms with Crippen LogP contribution in [0.5, 0.6) is 0 Å². The van der Waals surface area contributed by atoms with E-state index in [0.717, 1.165) is 5.56 Å². The number of amides is 2. The summed E-state index contributed by atoms with van der Waals surface area (Å²) >= 11 is 0. The molecule has 2 amide bonds. The average molecular weight is 340 g/mol. The lowest BCUT2D eigenvalue weighted by atomic mass is 10.1. The summed E-state index contributed by atoms with van der Waals surface area (Å²) in [5.41, 5.74) is 3.35. The third-order valence-corrected chi connectivity index (χ3v) is 3.36. The maximum absolute atomic E-state index is 12.1. The van der Waals surface area contributed by atoms with E-state index < -0.39 is 16.7 Å². The van der Waals surface area contributed by atoms with Gasteiger partial charge >= 0.3 is 0 Å². The van der Waals surface area contributed by atoms with Crippen LogP contribution < -0.4 is 10.7 Å². The lowest BCUT2D eigenvalue weighted by Crippen LogP contribution is -2.35. The maximum Gasteiger partial charge on any atom is 0.273 e. The number of carbonyl (C=O) groups excluding carboxylic acids is 2. The maximum atomic E-state index is 12.1. The molecule has 0 saturated carbocycles. The van der Waals surface area contributed by atoms with E-state index in [9.17, 15) is 19.7 Å². The van der Waals surface area contributed by atoms with Gasteiger partial charge in [0.05, 0.1) is 17.7 Å². The fraction of sp³-hybridized carbons (Fsp3) is 0.118. The first kappa shape index (κ1) is 17.8. The Kier molecular flexibility index (Phi) is 5.94. The molecule has 0 fully saturated rings. The van der Waals surface area contributed by atoms with Crippen LogP contribution in [0.15, 0.2) is 53.6 Å². The van der Waals surface area contributed by atoms with Crippen molar-refractivity contribution < 1.29 is 14.5 Å². The van der Waals surface area contributed by atoms with E-state index in [-0.39, 0.29) is 23.4 Å². The van der Waals surface area contributed by atoms with Crippen molar-refractivity contribution in [2.24, 2.45) is 5.10 Å². The van der Waals surface area contributed by atoms with Crippen molar-refractivity contribution in [2.75, 3.05) is 6.54 Å². The topological polar surface area (TPSA) is 114 Å². The fourth-order valence-corrected chi connectivity index (χ4v) is 2.08. The molecule has 0 saturated heterocycles. The Morgan fingerprint density at radius 3 is 2.56 bits per heavy atom. The van der Waals surface area contributed by atoms with E-state index in [1.807, 2.05) is 30.3 Å². The largest absolute Gasteiger partial charge is 0.343 e. The molecule has 128 valence electrons. The molecule has 0 aliphatic heterocycles. The standard InChI is InChI=1S/C17H16N4O4/c1-12-14(8-5-9-15(12)21(24)25)17(23)18-11-16(22)20-19-10-13-6-3-2-4-7-13/h2-10H,11H2,1H3,(H,18,23)(H,20,22)/b19-10-. The molecule has 0 heterocycles. The van der Waals surface area contributed by atoms with Gasteiger partial charge in [0.15, 0.2) is 0 Å². The van der Waals surface area contributed by atoms with Crippen LogP contribution in [0.2, 0.25) is 0 Å². The van der Waals surface area contributed by atoms with Gasteiger partial charge in [0.1, 0.15) is 0 Å². The zero-order chi connectivity index (χ0) is 18.2. The average Bonchev–Trinajstić information content (AvgIpc) is 2.60. The van der Waals surface area contributed by atoms with Gasteiger partial charge in [-0.2, -0.15) is 5.10 Å². The van der Waals surface area contributed by atoms with Crippen molar-refractivity contribution in [3.8, 4) is 0 Å². The highest BCUT2D eigenvalue weighted by Crippen LogP contribution is 2.20. The summed E-state index contributed by atoms with van der Waals surface area (Å²) in [6.07, 6.45) is 1.48. The van der Waals surface area contributed by atoms with Crippen molar-refractivity contribution in [3.63, 3.8) is 0 Å². The molecular formula is C17H16N4O4. The molecule has 8 heteroatoms. The van der Waals surface area contributed by atoms with E-state index in [2.05, 4.69) is 15.8 Å². The normalized spacial score (nSPS) is 10.4. The molecular weight excluding hydrogens is 324 g/mol. The predicted molar refractivity (Wildman–Crippen MR) is 92.3 cm³/mol. The first-order valence-electron chi connectivity index (χ1n) is 7.38. The Balaban J connectivity index is 1.89. The number of nitro groups is 1. The smallest absolute Gasteiger partial charge is 0.273 e. The summed E-state index contributed by atoms with van der Waals surface area (Å²) in [4.78, 5) is 34.1. The molecule has 25 heavy (non-hydrogen) atoms. The third-order valence-electron chi connectivity index (χ3n) is 3.36. The number of nitro benzene ring substituents is 1. The number of carbonyl (C=O) groups is 2. The van der Waals surface area contributed by atoms with E-state index in [4.69, 9.17) is 0 Å². The Labute approximate surface area is 143 Å². The van der Waals surface area contributed by atoms with Gasteiger partial charge in [-0.25, -0.2) is 5.43 Å². The molecule has 0 aliphatic carbocycles. The first-order chi connectivity index (χ1) is 12.0. The SMILES string of the molecule is Cc1c(C(=O)NCC(=O)N/N=C\c2ccccc2)cccc1[N+](=O)[O-]. The number of hydrazone groups is 1. The lowest BCUT2D eigenvalue weighted by Gasteiger charge is -2.07. The van der Waals surface area contributed by atoms with Crippen molar-refractivity contribution in [2.45, 2.75) is 6.92 Å². The minimum Gasteiger partial charge on any atom is -0.343 e. The quantitative estimate of drug-likeness (QED) is 0.474. The van der Waals surface area contributed by atoms with Gasteiger partial charge in [0, 0.05) is 17.2 Å². The van der Waals surface area contributed by atoms with Crippen LogP contribution in [0.1, 0.15) is 21.5 Å². The number of nitrogens with one attached hydrogen (secondary N) is 2. The van der Waals surface area contributed by atoms with E-state index in [0.29, 0.717) is 0 Å². The second-order valence-electron chi connectivity index (χ2n) is 5.09. The number of hydrogen-bond donors (Lipinski definition) is 2. The number of hydrogen-bond acceptors (Lipinski definition) is 5. The molecule has 8 nitrogen and oxygen atoms in total. The van der Waals surface area contributed by atoms with Crippen molar-refractivity contribution >= 4 is 23.7 Å². The van der Waals surface area contributed by atoms with Gasteiger partial charge in [-0.3, -0.25) is 19.7 Å². The highest BCUT2D eigenvalue weighted by molar-refractivity contribution is 5.98. The summed E-state index contributed by atoms with van der Waals surface area (Å²) in [6, 6.07) is 13.4. The summed E-state index contributed by atoms with van der Waals surface area (Å²) in [6.45, 7) is 1.18. The number of nitrogens with zero attached hydrogens (tertiary/aromatic N) is 2. The van der Waals surface area contributed by atoms with Gasteiger partial charge in [-0.15, -0.1) is 0 Å². The predicted octanol–water partition coefficient (Wildman–Crippen LogP) is 1.78. The zero-order valence-electron chi connectivity index (χ0n) is 13.4. The lowest BCUT2D eigenvalue weighted by molar-refractivity contribution is -0.385. The Hall–Kier alpha value is -3.55. The second kappa shape index (κ2) is 8.34. The van der Waals surface area contributed by atoms with E-state index in [1.54, 1.807) is 0 Å². The van der Waals surface area contributed by atoms with Crippen molar-refractivity contribution in [1.82, 2.24) is 10.7 Å². The molecule has 0 unspecified atom stereocenters. The van der Waals surface area contributed by atoms with Crippen LogP contribution >= 0.6 is 0 Å².